The number of rotatable bonds is 4. The third-order valence-corrected chi connectivity index (χ3v) is 5.31. The van der Waals surface area contributed by atoms with Gasteiger partial charge in [0.15, 0.2) is 0 Å². The molecule has 1 saturated heterocycles. The van der Waals surface area contributed by atoms with Crippen molar-refractivity contribution < 1.29 is 4.79 Å². The maximum Gasteiger partial charge on any atom is 0.324 e. The van der Waals surface area contributed by atoms with Gasteiger partial charge in [-0.3, -0.25) is 9.88 Å². The molecule has 0 saturated carbocycles. The fourth-order valence-electron chi connectivity index (χ4n) is 3.71. The Morgan fingerprint density at radius 3 is 3.04 bits per heavy atom. The first-order valence-electron chi connectivity index (χ1n) is 9.27. The van der Waals surface area contributed by atoms with Crippen molar-refractivity contribution in [2.45, 2.75) is 45.6 Å². The van der Waals surface area contributed by atoms with E-state index in [1.54, 1.807) is 0 Å². The Morgan fingerprint density at radius 2 is 2.25 bits per heavy atom. The summed E-state index contributed by atoms with van der Waals surface area (Å²) in [6.07, 6.45) is 6.18. The summed E-state index contributed by atoms with van der Waals surface area (Å²) in [6, 6.07) is 4.58. The van der Waals surface area contributed by atoms with E-state index in [1.807, 2.05) is 28.1 Å². The van der Waals surface area contributed by atoms with E-state index in [0.717, 1.165) is 56.3 Å². The van der Waals surface area contributed by atoms with Crippen molar-refractivity contribution in [2.75, 3.05) is 38.1 Å². The van der Waals surface area contributed by atoms with Crippen LogP contribution in [0, 0.1) is 5.92 Å². The lowest BCUT2D eigenvalue weighted by Crippen LogP contribution is -2.52. The van der Waals surface area contributed by atoms with E-state index in [-0.39, 0.29) is 6.03 Å². The predicted octanol–water partition coefficient (Wildman–Crippen LogP) is 3.01. The topological polar surface area (TPSA) is 39.7 Å². The van der Waals surface area contributed by atoms with Crippen LogP contribution in [0.25, 0.3) is 0 Å². The molecule has 2 aliphatic rings. The van der Waals surface area contributed by atoms with Gasteiger partial charge in [0, 0.05) is 38.3 Å². The summed E-state index contributed by atoms with van der Waals surface area (Å²) < 4.78 is 0. The minimum atomic E-state index is 0.156. The van der Waals surface area contributed by atoms with Crippen LogP contribution in [0.5, 0.6) is 0 Å². The molecule has 5 heteroatoms. The van der Waals surface area contributed by atoms with Crippen LogP contribution >= 0.6 is 0 Å². The first-order chi connectivity index (χ1) is 11.6. The molecule has 0 bridgehead atoms. The number of urea groups is 1. The summed E-state index contributed by atoms with van der Waals surface area (Å²) in [5.74, 6) is 0.724. The average Bonchev–Trinajstić information content (AvgIpc) is 3.03. The Bertz CT molecular complexity index is 574. The number of hydrogen-bond acceptors (Lipinski definition) is 3. The normalized spacial score (nSPS) is 20.8. The number of aromatic nitrogens is 1. The molecule has 3 rings (SSSR count). The highest BCUT2D eigenvalue weighted by atomic mass is 16.2. The van der Waals surface area contributed by atoms with E-state index in [4.69, 9.17) is 0 Å². The molecule has 3 heterocycles. The molecule has 0 radical (unpaired) electrons. The minimum Gasteiger partial charge on any atom is -0.323 e. The van der Waals surface area contributed by atoms with Gasteiger partial charge in [-0.2, -0.15) is 0 Å². The highest BCUT2D eigenvalue weighted by molar-refractivity contribution is 5.93. The highest BCUT2D eigenvalue weighted by Crippen LogP contribution is 2.27. The molecule has 1 fully saturated rings. The van der Waals surface area contributed by atoms with Gasteiger partial charge in [0.05, 0.1) is 11.4 Å². The standard InChI is InChI=1S/C19H30N4O/c1-15(2)8-12-21(3)16-6-5-11-22(14-16)19(24)23-13-9-17-18(23)7-4-10-20-17/h4,7,10,15-16H,5-6,8-9,11-14H2,1-3H3. The number of anilines is 1. The summed E-state index contributed by atoms with van der Waals surface area (Å²) in [4.78, 5) is 23.8. The number of carbonyl (C=O) groups excluding carboxylic acids is 1. The van der Waals surface area contributed by atoms with E-state index in [0.29, 0.717) is 6.04 Å². The number of pyridine rings is 1. The van der Waals surface area contributed by atoms with Crippen LogP contribution < -0.4 is 4.90 Å². The lowest BCUT2D eigenvalue weighted by molar-refractivity contribution is 0.126. The molecule has 1 aromatic rings. The van der Waals surface area contributed by atoms with Gasteiger partial charge in [-0.15, -0.1) is 0 Å². The lowest BCUT2D eigenvalue weighted by atomic mass is 10.0. The SMILES string of the molecule is CC(C)CCN(C)C1CCCN(C(=O)N2CCc3ncccc32)C1. The summed E-state index contributed by atoms with van der Waals surface area (Å²) in [5.41, 5.74) is 2.05. The van der Waals surface area contributed by atoms with Crippen LogP contribution in [-0.4, -0.2) is 60.1 Å². The number of amides is 2. The summed E-state index contributed by atoms with van der Waals surface area (Å²) in [5, 5.41) is 0. The molecule has 0 aliphatic carbocycles. The van der Waals surface area contributed by atoms with Crippen LogP contribution in [0.1, 0.15) is 38.8 Å². The smallest absolute Gasteiger partial charge is 0.323 e. The fourth-order valence-corrected chi connectivity index (χ4v) is 3.71. The molecule has 1 atom stereocenters. The molecule has 2 aliphatic heterocycles. The Hall–Kier alpha value is -1.62. The monoisotopic (exact) mass is 330 g/mol. The summed E-state index contributed by atoms with van der Waals surface area (Å²) >= 11 is 0. The van der Waals surface area contributed by atoms with Crippen molar-refractivity contribution >= 4 is 11.7 Å². The molecule has 0 aromatic carbocycles. The number of nitrogens with zero attached hydrogens (tertiary/aromatic N) is 4. The van der Waals surface area contributed by atoms with Crippen LogP contribution in [0.3, 0.4) is 0 Å². The van der Waals surface area contributed by atoms with Crippen LogP contribution in [-0.2, 0) is 6.42 Å². The average molecular weight is 330 g/mol. The van der Waals surface area contributed by atoms with Crippen LogP contribution in [0.4, 0.5) is 10.5 Å². The van der Waals surface area contributed by atoms with Crippen molar-refractivity contribution in [2.24, 2.45) is 5.92 Å². The second-order valence-electron chi connectivity index (χ2n) is 7.56. The van der Waals surface area contributed by atoms with Gasteiger partial charge in [-0.05, 0) is 50.9 Å². The molecule has 24 heavy (non-hydrogen) atoms. The third-order valence-electron chi connectivity index (χ3n) is 5.31. The summed E-state index contributed by atoms with van der Waals surface area (Å²) in [6.45, 7) is 8.13. The van der Waals surface area contributed by atoms with Crippen LogP contribution in [0.2, 0.25) is 0 Å². The molecule has 2 amide bonds. The zero-order valence-electron chi connectivity index (χ0n) is 15.2. The molecular formula is C19H30N4O. The minimum absolute atomic E-state index is 0.156. The number of likely N-dealkylation sites (N-methyl/N-ethyl adjacent to an activating group) is 1. The zero-order valence-corrected chi connectivity index (χ0v) is 15.2. The maximum atomic E-state index is 13.0. The fraction of sp³-hybridized carbons (Fsp3) is 0.684. The first kappa shape index (κ1) is 17.2. The largest absolute Gasteiger partial charge is 0.324 e. The van der Waals surface area contributed by atoms with Crippen molar-refractivity contribution in [1.29, 1.82) is 0 Å². The Kier molecular flexibility index (Phi) is 5.39. The van der Waals surface area contributed by atoms with Gasteiger partial charge in [-0.25, -0.2) is 4.79 Å². The Labute approximate surface area is 145 Å². The lowest BCUT2D eigenvalue weighted by Gasteiger charge is -2.39. The first-order valence-corrected chi connectivity index (χ1v) is 9.27. The number of carbonyl (C=O) groups is 1. The van der Waals surface area contributed by atoms with Gasteiger partial charge in [0.2, 0.25) is 0 Å². The third kappa shape index (κ3) is 3.72. The van der Waals surface area contributed by atoms with Gasteiger partial charge in [-0.1, -0.05) is 13.8 Å². The van der Waals surface area contributed by atoms with Crippen molar-refractivity contribution in [3.8, 4) is 0 Å². The highest BCUT2D eigenvalue weighted by Gasteiger charge is 2.32. The molecule has 0 N–H and O–H groups in total. The van der Waals surface area contributed by atoms with Crippen molar-refractivity contribution in [3.63, 3.8) is 0 Å². The van der Waals surface area contributed by atoms with E-state index in [9.17, 15) is 4.79 Å². The number of likely N-dealkylation sites (tertiary alicyclic amines) is 1. The van der Waals surface area contributed by atoms with Gasteiger partial charge in [0.1, 0.15) is 0 Å². The van der Waals surface area contributed by atoms with E-state index in [2.05, 4.69) is 30.8 Å². The number of piperidine rings is 1. The zero-order chi connectivity index (χ0) is 17.1. The van der Waals surface area contributed by atoms with Gasteiger partial charge in [0.25, 0.3) is 0 Å². The Balaban J connectivity index is 1.62. The Morgan fingerprint density at radius 1 is 1.42 bits per heavy atom. The second kappa shape index (κ2) is 7.51. The molecule has 5 nitrogen and oxygen atoms in total. The molecule has 1 unspecified atom stereocenters. The molecule has 0 spiro atoms. The van der Waals surface area contributed by atoms with E-state index < -0.39 is 0 Å². The maximum absolute atomic E-state index is 13.0. The van der Waals surface area contributed by atoms with E-state index >= 15 is 0 Å². The summed E-state index contributed by atoms with van der Waals surface area (Å²) in [7, 11) is 2.20. The van der Waals surface area contributed by atoms with Crippen LogP contribution in [0.15, 0.2) is 18.3 Å². The molecule has 132 valence electrons. The molecular weight excluding hydrogens is 300 g/mol. The predicted molar refractivity (Wildman–Crippen MR) is 97.4 cm³/mol. The van der Waals surface area contributed by atoms with E-state index in [1.165, 1.54) is 12.8 Å². The molecule has 1 aromatic heterocycles. The quantitative estimate of drug-likeness (QED) is 0.852. The number of fused-ring (bicyclic) bond motifs is 1. The second-order valence-corrected chi connectivity index (χ2v) is 7.56. The van der Waals surface area contributed by atoms with Gasteiger partial charge >= 0.3 is 6.03 Å². The van der Waals surface area contributed by atoms with Crippen molar-refractivity contribution in [3.05, 3.63) is 24.0 Å². The van der Waals surface area contributed by atoms with Crippen molar-refractivity contribution in [1.82, 2.24) is 14.8 Å². The van der Waals surface area contributed by atoms with Gasteiger partial charge < -0.3 is 9.80 Å². The number of hydrogen-bond donors (Lipinski definition) is 0.